The Labute approximate surface area is 147 Å². The lowest BCUT2D eigenvalue weighted by molar-refractivity contribution is -0.138. The van der Waals surface area contributed by atoms with Crippen molar-refractivity contribution in [3.63, 3.8) is 0 Å². The van der Waals surface area contributed by atoms with Gasteiger partial charge in [0.05, 0.1) is 25.5 Å². The van der Waals surface area contributed by atoms with Crippen LogP contribution in [-0.4, -0.2) is 45.0 Å². The number of amides is 1. The van der Waals surface area contributed by atoms with Crippen LogP contribution in [0.5, 0.6) is 0 Å². The van der Waals surface area contributed by atoms with E-state index in [1.54, 1.807) is 0 Å². The van der Waals surface area contributed by atoms with Crippen molar-refractivity contribution in [2.24, 2.45) is 5.92 Å². The molecule has 0 aliphatic carbocycles. The quantitative estimate of drug-likeness (QED) is 0.839. The molecule has 1 amide bonds. The molecule has 2 aromatic rings. The van der Waals surface area contributed by atoms with Crippen molar-refractivity contribution < 1.29 is 9.53 Å². The lowest BCUT2D eigenvalue weighted by Crippen LogP contribution is -2.42. The van der Waals surface area contributed by atoms with Crippen LogP contribution in [0, 0.1) is 5.92 Å². The van der Waals surface area contributed by atoms with Gasteiger partial charge in [-0.1, -0.05) is 35.5 Å². The molecule has 1 saturated heterocycles. The third-order valence-electron chi connectivity index (χ3n) is 5.19. The fourth-order valence-electron chi connectivity index (χ4n) is 3.85. The van der Waals surface area contributed by atoms with E-state index in [9.17, 15) is 4.79 Å². The van der Waals surface area contributed by atoms with Crippen LogP contribution >= 0.6 is 0 Å². The van der Waals surface area contributed by atoms with Gasteiger partial charge >= 0.3 is 0 Å². The highest BCUT2D eigenvalue weighted by atomic mass is 16.5. The summed E-state index contributed by atoms with van der Waals surface area (Å²) in [6.45, 7) is 2.59. The summed E-state index contributed by atoms with van der Waals surface area (Å²) in [5.74, 6) is 0.228. The fraction of sp³-hybridized carbons (Fsp3) is 0.526. The molecular weight excluding hydrogens is 316 g/mol. The van der Waals surface area contributed by atoms with E-state index in [0.29, 0.717) is 19.8 Å². The van der Waals surface area contributed by atoms with Gasteiger partial charge in [-0.2, -0.15) is 0 Å². The second-order valence-electron chi connectivity index (χ2n) is 6.99. The van der Waals surface area contributed by atoms with Gasteiger partial charge in [0.1, 0.15) is 5.69 Å². The van der Waals surface area contributed by atoms with E-state index < -0.39 is 0 Å². The van der Waals surface area contributed by atoms with Gasteiger partial charge in [-0.15, -0.1) is 5.10 Å². The summed E-state index contributed by atoms with van der Waals surface area (Å²) in [7, 11) is 0. The molecule has 132 valence electrons. The summed E-state index contributed by atoms with van der Waals surface area (Å²) in [5, 5.41) is 8.33. The lowest BCUT2D eigenvalue weighted by Gasteiger charge is -2.29. The number of carbonyl (C=O) groups excluding carboxylic acids is 1. The topological polar surface area (TPSA) is 60.3 Å². The molecular formula is C19H24N4O2. The molecule has 6 nitrogen and oxygen atoms in total. The first-order valence-electron chi connectivity index (χ1n) is 9.11. The standard InChI is InChI=1S/C19H24N4O2/c24-19-16(11-15-5-2-1-3-6-15)8-10-22-12-17(20-21-22)13-25-14-18-7-4-9-23(18)19/h1-3,5-6,12,16,18H,4,7-11,13-14H2/t16-,18?/m0/s1. The summed E-state index contributed by atoms with van der Waals surface area (Å²) < 4.78 is 7.64. The molecule has 1 fully saturated rings. The second kappa shape index (κ2) is 7.35. The van der Waals surface area contributed by atoms with Crippen molar-refractivity contribution in [2.75, 3.05) is 13.2 Å². The third kappa shape index (κ3) is 3.74. The van der Waals surface area contributed by atoms with Gasteiger partial charge in [-0.3, -0.25) is 9.48 Å². The largest absolute Gasteiger partial charge is 0.373 e. The monoisotopic (exact) mass is 340 g/mol. The SMILES string of the molecule is O=C1[C@H](Cc2ccccc2)CCn2cc(nn2)COCC2CCCN12. The molecule has 0 spiro atoms. The first-order valence-corrected chi connectivity index (χ1v) is 9.11. The molecule has 1 aromatic carbocycles. The second-order valence-corrected chi connectivity index (χ2v) is 6.99. The number of hydrogen-bond donors (Lipinski definition) is 0. The Morgan fingerprint density at radius 1 is 1.16 bits per heavy atom. The fourth-order valence-corrected chi connectivity index (χ4v) is 3.85. The van der Waals surface area contributed by atoms with Gasteiger partial charge < -0.3 is 9.64 Å². The number of fused-ring (bicyclic) bond motifs is 3. The highest BCUT2D eigenvalue weighted by molar-refractivity contribution is 5.79. The number of carbonyl (C=O) groups is 1. The van der Waals surface area contributed by atoms with Crippen molar-refractivity contribution >= 4 is 5.91 Å². The third-order valence-corrected chi connectivity index (χ3v) is 5.19. The summed E-state index contributed by atoms with van der Waals surface area (Å²) in [5.41, 5.74) is 2.07. The van der Waals surface area contributed by atoms with Crippen LogP contribution in [0.2, 0.25) is 0 Å². The van der Waals surface area contributed by atoms with Crippen LogP contribution in [0.15, 0.2) is 36.5 Å². The first-order chi connectivity index (χ1) is 12.3. The maximum absolute atomic E-state index is 13.2. The van der Waals surface area contributed by atoms with E-state index in [-0.39, 0.29) is 17.9 Å². The molecule has 2 aliphatic heterocycles. The van der Waals surface area contributed by atoms with Crippen molar-refractivity contribution in [2.45, 2.75) is 44.9 Å². The first kappa shape index (κ1) is 16.3. The smallest absolute Gasteiger partial charge is 0.226 e. The molecule has 0 N–H and O–H groups in total. The Balaban J connectivity index is 1.58. The van der Waals surface area contributed by atoms with Crippen LogP contribution in [0.25, 0.3) is 0 Å². The zero-order valence-corrected chi connectivity index (χ0v) is 14.4. The normalized spacial score (nSPS) is 24.5. The van der Waals surface area contributed by atoms with Gasteiger partial charge in [0, 0.05) is 19.0 Å². The number of rotatable bonds is 2. The van der Waals surface area contributed by atoms with E-state index in [2.05, 4.69) is 27.3 Å². The number of aryl methyl sites for hydroxylation is 1. The van der Waals surface area contributed by atoms with Gasteiger partial charge in [0.25, 0.3) is 0 Å². The predicted octanol–water partition coefficient (Wildman–Crippen LogP) is 2.05. The summed E-state index contributed by atoms with van der Waals surface area (Å²) in [6.07, 6.45) is 5.56. The van der Waals surface area contributed by atoms with Gasteiger partial charge in [0.15, 0.2) is 0 Å². The molecule has 1 unspecified atom stereocenters. The Hall–Kier alpha value is -2.21. The Bertz CT molecular complexity index is 715. The molecule has 0 saturated carbocycles. The van der Waals surface area contributed by atoms with E-state index in [1.807, 2.05) is 29.1 Å². The maximum Gasteiger partial charge on any atom is 0.226 e. The van der Waals surface area contributed by atoms with Gasteiger partial charge in [0.2, 0.25) is 5.91 Å². The summed E-state index contributed by atoms with van der Waals surface area (Å²) >= 11 is 0. The minimum Gasteiger partial charge on any atom is -0.373 e. The molecule has 3 heterocycles. The molecule has 4 rings (SSSR count). The van der Waals surface area contributed by atoms with Crippen molar-refractivity contribution in [1.29, 1.82) is 0 Å². The van der Waals surface area contributed by atoms with Crippen molar-refractivity contribution in [3.8, 4) is 0 Å². The molecule has 25 heavy (non-hydrogen) atoms. The van der Waals surface area contributed by atoms with E-state index >= 15 is 0 Å². The molecule has 6 heteroatoms. The van der Waals surface area contributed by atoms with Crippen molar-refractivity contribution in [3.05, 3.63) is 47.8 Å². The minimum absolute atomic E-state index is 0.0323. The number of aromatic nitrogens is 3. The molecule has 2 atom stereocenters. The zero-order chi connectivity index (χ0) is 17.1. The van der Waals surface area contributed by atoms with Crippen LogP contribution in [0.4, 0.5) is 0 Å². The van der Waals surface area contributed by atoms with Crippen LogP contribution in [-0.2, 0) is 29.1 Å². The molecule has 1 aromatic heterocycles. The maximum atomic E-state index is 13.2. The predicted molar refractivity (Wildman–Crippen MR) is 92.7 cm³/mol. The van der Waals surface area contributed by atoms with Crippen LogP contribution in [0.3, 0.4) is 0 Å². The number of hydrogen-bond acceptors (Lipinski definition) is 4. The summed E-state index contributed by atoms with van der Waals surface area (Å²) in [4.78, 5) is 15.3. The Morgan fingerprint density at radius 2 is 2.04 bits per heavy atom. The van der Waals surface area contributed by atoms with E-state index in [0.717, 1.165) is 37.9 Å². The molecule has 2 aliphatic rings. The minimum atomic E-state index is -0.0323. The van der Waals surface area contributed by atoms with Gasteiger partial charge in [-0.05, 0) is 31.2 Å². The number of ether oxygens (including phenoxy) is 1. The zero-order valence-electron chi connectivity index (χ0n) is 14.4. The van der Waals surface area contributed by atoms with Gasteiger partial charge in [-0.25, -0.2) is 0 Å². The van der Waals surface area contributed by atoms with E-state index in [1.165, 1.54) is 5.56 Å². The number of benzene rings is 1. The Morgan fingerprint density at radius 3 is 2.92 bits per heavy atom. The summed E-state index contributed by atoms with van der Waals surface area (Å²) in [6, 6.07) is 10.5. The molecule has 2 bridgehead atoms. The highest BCUT2D eigenvalue weighted by Crippen LogP contribution is 2.24. The van der Waals surface area contributed by atoms with Crippen molar-refractivity contribution in [1.82, 2.24) is 19.9 Å². The molecule has 0 radical (unpaired) electrons. The average Bonchev–Trinajstić information content (AvgIpc) is 3.28. The lowest BCUT2D eigenvalue weighted by atomic mass is 9.94. The highest BCUT2D eigenvalue weighted by Gasteiger charge is 2.33. The Kier molecular flexibility index (Phi) is 4.78. The number of nitrogens with zero attached hydrogens (tertiary/aromatic N) is 4. The van der Waals surface area contributed by atoms with E-state index in [4.69, 9.17) is 4.74 Å². The average molecular weight is 340 g/mol. The van der Waals surface area contributed by atoms with Crippen LogP contribution in [0.1, 0.15) is 30.5 Å². The van der Waals surface area contributed by atoms with Crippen LogP contribution < -0.4 is 0 Å².